The summed E-state index contributed by atoms with van der Waals surface area (Å²) in [5, 5.41) is 14.2. The highest BCUT2D eigenvalue weighted by Gasteiger charge is 2.22. The van der Waals surface area contributed by atoms with Gasteiger partial charge in [0.2, 0.25) is 0 Å². The first-order chi connectivity index (χ1) is 11.2. The normalized spacial score (nSPS) is 14.8. The Morgan fingerprint density at radius 2 is 2.26 bits per heavy atom. The summed E-state index contributed by atoms with van der Waals surface area (Å²) in [5.41, 5.74) is 4.00. The van der Waals surface area contributed by atoms with Crippen LogP contribution < -0.4 is 0 Å². The van der Waals surface area contributed by atoms with E-state index in [2.05, 4.69) is 22.3 Å². The maximum Gasteiger partial charge on any atom is 0.328 e. The number of H-pyrrole nitrogens is 1. The number of rotatable bonds is 5. The van der Waals surface area contributed by atoms with Gasteiger partial charge in [-0.2, -0.15) is 5.10 Å². The standard InChI is InChI=1S/C18H17N3O2/c22-18(23)6-4-12-3-5-16-14(7-12)8-17(20-16)15-9-19-21(11-15)10-13-1-2-13/h3-9,11,13,20H,1-2,10H2,(H,22,23)/b6-4+. The summed E-state index contributed by atoms with van der Waals surface area (Å²) in [6, 6.07) is 7.92. The zero-order valence-electron chi connectivity index (χ0n) is 12.6. The zero-order chi connectivity index (χ0) is 15.8. The molecular formula is C18H17N3O2. The van der Waals surface area contributed by atoms with E-state index in [-0.39, 0.29) is 0 Å². The molecule has 0 spiro atoms. The maximum atomic E-state index is 10.6. The average Bonchev–Trinajstić information content (AvgIpc) is 3.06. The molecule has 116 valence electrons. The molecule has 0 saturated heterocycles. The third-order valence-corrected chi connectivity index (χ3v) is 4.15. The van der Waals surface area contributed by atoms with Crippen molar-refractivity contribution in [2.45, 2.75) is 19.4 Å². The van der Waals surface area contributed by atoms with Crippen molar-refractivity contribution in [3.05, 3.63) is 48.3 Å². The maximum absolute atomic E-state index is 10.6. The monoisotopic (exact) mass is 307 g/mol. The number of aromatic amines is 1. The Labute approximate surface area is 133 Å². The molecule has 1 aliphatic carbocycles. The van der Waals surface area contributed by atoms with Crippen LogP contribution in [0.5, 0.6) is 0 Å². The highest BCUT2D eigenvalue weighted by atomic mass is 16.4. The van der Waals surface area contributed by atoms with Crippen molar-refractivity contribution in [3.8, 4) is 11.3 Å². The number of carboxylic acid groups (broad SMARTS) is 1. The molecule has 4 rings (SSSR count). The van der Waals surface area contributed by atoms with Gasteiger partial charge in [0.25, 0.3) is 0 Å². The van der Waals surface area contributed by atoms with Crippen LogP contribution in [0.1, 0.15) is 18.4 Å². The van der Waals surface area contributed by atoms with Crippen LogP contribution in [-0.4, -0.2) is 25.8 Å². The minimum Gasteiger partial charge on any atom is -0.478 e. The first kappa shape index (κ1) is 13.8. The molecule has 0 unspecified atom stereocenters. The van der Waals surface area contributed by atoms with Gasteiger partial charge >= 0.3 is 5.97 Å². The first-order valence-electron chi connectivity index (χ1n) is 7.74. The van der Waals surface area contributed by atoms with E-state index in [0.29, 0.717) is 0 Å². The van der Waals surface area contributed by atoms with Crippen LogP contribution in [0, 0.1) is 5.92 Å². The van der Waals surface area contributed by atoms with E-state index >= 15 is 0 Å². The van der Waals surface area contributed by atoms with E-state index in [0.717, 1.165) is 46.3 Å². The quantitative estimate of drug-likeness (QED) is 0.708. The molecule has 1 fully saturated rings. The fraction of sp³-hybridized carbons (Fsp3) is 0.222. The fourth-order valence-corrected chi connectivity index (χ4v) is 2.75. The Morgan fingerprint density at radius 1 is 1.39 bits per heavy atom. The Balaban J connectivity index is 1.62. The van der Waals surface area contributed by atoms with E-state index in [1.165, 1.54) is 12.8 Å². The molecule has 0 bridgehead atoms. The Kier molecular flexibility index (Phi) is 3.26. The summed E-state index contributed by atoms with van der Waals surface area (Å²) >= 11 is 0. The van der Waals surface area contributed by atoms with Crippen LogP contribution in [0.15, 0.2) is 42.7 Å². The van der Waals surface area contributed by atoms with Crippen molar-refractivity contribution in [1.82, 2.24) is 14.8 Å². The van der Waals surface area contributed by atoms with Gasteiger partial charge in [0.15, 0.2) is 0 Å². The molecule has 1 aromatic carbocycles. The van der Waals surface area contributed by atoms with E-state index in [9.17, 15) is 4.79 Å². The average molecular weight is 307 g/mol. The minimum atomic E-state index is -0.942. The summed E-state index contributed by atoms with van der Waals surface area (Å²) in [4.78, 5) is 14.0. The lowest BCUT2D eigenvalue weighted by Crippen LogP contribution is -1.98. The third-order valence-electron chi connectivity index (χ3n) is 4.15. The van der Waals surface area contributed by atoms with Crippen LogP contribution in [-0.2, 0) is 11.3 Å². The number of aliphatic carboxylic acids is 1. The molecule has 2 N–H and O–H groups in total. The van der Waals surface area contributed by atoms with Crippen molar-refractivity contribution in [3.63, 3.8) is 0 Å². The number of benzene rings is 1. The molecule has 0 amide bonds. The number of hydrogen-bond acceptors (Lipinski definition) is 2. The summed E-state index contributed by atoms with van der Waals surface area (Å²) in [6.07, 6.45) is 9.34. The van der Waals surface area contributed by atoms with Gasteiger partial charge in [-0.25, -0.2) is 4.79 Å². The van der Waals surface area contributed by atoms with Crippen LogP contribution >= 0.6 is 0 Å². The molecule has 0 radical (unpaired) electrons. The summed E-state index contributed by atoms with van der Waals surface area (Å²) in [5.74, 6) is -0.142. The van der Waals surface area contributed by atoms with Crippen LogP contribution in [0.4, 0.5) is 0 Å². The fourth-order valence-electron chi connectivity index (χ4n) is 2.75. The third kappa shape index (κ3) is 3.04. The number of aromatic nitrogens is 3. The number of carboxylic acids is 1. The molecule has 1 saturated carbocycles. The number of hydrogen-bond donors (Lipinski definition) is 2. The smallest absolute Gasteiger partial charge is 0.328 e. The number of carbonyl (C=O) groups is 1. The van der Waals surface area contributed by atoms with Crippen LogP contribution in [0.3, 0.4) is 0 Å². The van der Waals surface area contributed by atoms with Crippen molar-refractivity contribution < 1.29 is 9.90 Å². The van der Waals surface area contributed by atoms with Crippen LogP contribution in [0.2, 0.25) is 0 Å². The Hall–Kier alpha value is -2.82. The predicted octanol–water partition coefficient (Wildman–Crippen LogP) is 3.54. The molecule has 5 heteroatoms. The number of nitrogens with one attached hydrogen (secondary N) is 1. The van der Waals surface area contributed by atoms with E-state index in [4.69, 9.17) is 5.11 Å². The largest absolute Gasteiger partial charge is 0.478 e. The lowest BCUT2D eigenvalue weighted by molar-refractivity contribution is -0.131. The van der Waals surface area contributed by atoms with Crippen molar-refractivity contribution in [1.29, 1.82) is 0 Å². The SMILES string of the molecule is O=C(O)/C=C/c1ccc2[nH]c(-c3cnn(CC4CC4)c3)cc2c1. The predicted molar refractivity (Wildman–Crippen MR) is 88.9 cm³/mol. The van der Waals surface area contributed by atoms with Gasteiger partial charge in [0.05, 0.1) is 6.20 Å². The molecule has 3 aromatic rings. The first-order valence-corrected chi connectivity index (χ1v) is 7.74. The van der Waals surface area contributed by atoms with Gasteiger partial charge < -0.3 is 10.1 Å². The van der Waals surface area contributed by atoms with Crippen molar-refractivity contribution in [2.75, 3.05) is 0 Å². The van der Waals surface area contributed by atoms with Gasteiger partial charge in [-0.15, -0.1) is 0 Å². The van der Waals surface area contributed by atoms with Crippen LogP contribution in [0.25, 0.3) is 28.2 Å². The van der Waals surface area contributed by atoms with E-state index < -0.39 is 5.97 Å². The van der Waals surface area contributed by atoms with Gasteiger partial charge in [0.1, 0.15) is 0 Å². The van der Waals surface area contributed by atoms with Crippen molar-refractivity contribution >= 4 is 22.9 Å². The molecule has 2 aromatic heterocycles. The molecule has 5 nitrogen and oxygen atoms in total. The molecule has 0 aliphatic heterocycles. The molecule has 1 aliphatic rings. The van der Waals surface area contributed by atoms with Gasteiger partial charge in [-0.3, -0.25) is 4.68 Å². The van der Waals surface area contributed by atoms with Gasteiger partial charge in [-0.05, 0) is 48.6 Å². The molecule has 23 heavy (non-hydrogen) atoms. The minimum absolute atomic E-state index is 0.800. The summed E-state index contributed by atoms with van der Waals surface area (Å²) < 4.78 is 2.01. The summed E-state index contributed by atoms with van der Waals surface area (Å²) in [7, 11) is 0. The van der Waals surface area contributed by atoms with E-state index in [1.807, 2.05) is 29.1 Å². The lowest BCUT2D eigenvalue weighted by Gasteiger charge is -1.96. The molecule has 2 heterocycles. The highest BCUT2D eigenvalue weighted by Crippen LogP contribution is 2.31. The summed E-state index contributed by atoms with van der Waals surface area (Å²) in [6.45, 7) is 1.00. The van der Waals surface area contributed by atoms with Gasteiger partial charge in [0, 0.05) is 41.0 Å². The highest BCUT2D eigenvalue weighted by molar-refractivity contribution is 5.90. The second-order valence-electron chi connectivity index (χ2n) is 6.10. The number of fused-ring (bicyclic) bond motifs is 1. The Bertz CT molecular complexity index is 900. The second-order valence-corrected chi connectivity index (χ2v) is 6.10. The second kappa shape index (κ2) is 5.43. The molecule has 0 atom stereocenters. The Morgan fingerprint density at radius 3 is 3.04 bits per heavy atom. The van der Waals surface area contributed by atoms with E-state index in [1.54, 1.807) is 6.08 Å². The van der Waals surface area contributed by atoms with Gasteiger partial charge in [-0.1, -0.05) is 6.07 Å². The topological polar surface area (TPSA) is 70.9 Å². The molecular weight excluding hydrogens is 290 g/mol. The lowest BCUT2D eigenvalue weighted by atomic mass is 10.1. The number of nitrogens with zero attached hydrogens (tertiary/aromatic N) is 2. The zero-order valence-corrected chi connectivity index (χ0v) is 12.6. The van der Waals surface area contributed by atoms with Crippen molar-refractivity contribution in [2.24, 2.45) is 5.92 Å².